The second-order valence-corrected chi connectivity index (χ2v) is 8.56. The van der Waals surface area contributed by atoms with E-state index in [4.69, 9.17) is 5.73 Å². The summed E-state index contributed by atoms with van der Waals surface area (Å²) in [5, 5.41) is 2.80. The predicted molar refractivity (Wildman–Crippen MR) is 113 cm³/mol. The second-order valence-electron chi connectivity index (χ2n) is 6.62. The largest absolute Gasteiger partial charge is 0.369 e. The third kappa shape index (κ3) is 6.40. The Morgan fingerprint density at radius 2 is 1.48 bits per heavy atom. The normalized spacial score (nSPS) is 11.4. The van der Waals surface area contributed by atoms with E-state index in [1.54, 1.807) is 62.4 Å². The van der Waals surface area contributed by atoms with Gasteiger partial charge in [-0.05, 0) is 41.8 Å². The summed E-state index contributed by atoms with van der Waals surface area (Å²) < 4.78 is 26.4. The number of primary amides is 1. The minimum absolute atomic E-state index is 0.146. The third-order valence-electron chi connectivity index (χ3n) is 4.52. The summed E-state index contributed by atoms with van der Waals surface area (Å²) in [5.74, 6) is -0.551. The molecule has 0 aliphatic rings. The molecular weight excluding hydrogens is 390 g/mol. The van der Waals surface area contributed by atoms with Crippen LogP contribution in [0.25, 0.3) is 0 Å². The van der Waals surface area contributed by atoms with Crippen LogP contribution in [0.1, 0.15) is 31.4 Å². The van der Waals surface area contributed by atoms with Crippen molar-refractivity contribution in [3.8, 4) is 0 Å². The maximum atomic E-state index is 12.5. The van der Waals surface area contributed by atoms with Crippen molar-refractivity contribution in [1.29, 1.82) is 0 Å². The Bertz CT molecular complexity index is 935. The number of hydrogen-bond donors (Lipinski definition) is 2. The molecule has 29 heavy (non-hydrogen) atoms. The fourth-order valence-corrected chi connectivity index (χ4v) is 4.39. The molecule has 0 atom stereocenters. The zero-order chi connectivity index (χ0) is 21.4. The molecule has 0 unspecified atom stereocenters. The van der Waals surface area contributed by atoms with Gasteiger partial charge in [0, 0.05) is 25.2 Å². The van der Waals surface area contributed by atoms with Gasteiger partial charge in [0.2, 0.25) is 21.8 Å². The molecule has 0 spiro atoms. The molecule has 2 aromatic carbocycles. The first-order chi connectivity index (χ1) is 13.8. The molecule has 2 amide bonds. The van der Waals surface area contributed by atoms with E-state index in [0.717, 1.165) is 11.1 Å². The van der Waals surface area contributed by atoms with E-state index in [0.29, 0.717) is 25.2 Å². The quantitative estimate of drug-likeness (QED) is 0.618. The minimum Gasteiger partial charge on any atom is -0.369 e. The summed E-state index contributed by atoms with van der Waals surface area (Å²) in [7, 11) is -3.48. The van der Waals surface area contributed by atoms with Crippen molar-refractivity contribution in [1.82, 2.24) is 4.31 Å². The van der Waals surface area contributed by atoms with Crippen LogP contribution < -0.4 is 11.1 Å². The van der Waals surface area contributed by atoms with Crippen LogP contribution in [0.5, 0.6) is 0 Å². The molecule has 0 saturated heterocycles. The SMILES string of the molecule is CCN(CC)S(=O)(=O)c1ccc(CCC(=O)Nc2ccc(CC(N)=O)cc2)cc1. The number of benzene rings is 2. The first kappa shape index (κ1) is 22.6. The van der Waals surface area contributed by atoms with Crippen molar-refractivity contribution in [2.24, 2.45) is 5.73 Å². The Labute approximate surface area is 172 Å². The Hall–Kier alpha value is -2.71. The molecule has 0 aliphatic heterocycles. The molecule has 0 aromatic heterocycles. The number of hydrogen-bond acceptors (Lipinski definition) is 4. The lowest BCUT2D eigenvalue weighted by atomic mass is 10.1. The number of nitrogens with one attached hydrogen (secondary N) is 1. The summed E-state index contributed by atoms with van der Waals surface area (Å²) in [4.78, 5) is 23.3. The molecule has 0 radical (unpaired) electrons. The summed E-state index contributed by atoms with van der Waals surface area (Å²) >= 11 is 0. The number of carbonyl (C=O) groups is 2. The number of aryl methyl sites for hydroxylation is 1. The molecule has 0 aliphatic carbocycles. The number of carbonyl (C=O) groups excluding carboxylic acids is 2. The predicted octanol–water partition coefficient (Wildman–Crippen LogP) is 2.32. The van der Waals surface area contributed by atoms with Crippen LogP contribution in [0.15, 0.2) is 53.4 Å². The highest BCUT2D eigenvalue weighted by molar-refractivity contribution is 7.89. The molecule has 0 saturated carbocycles. The van der Waals surface area contributed by atoms with E-state index in [9.17, 15) is 18.0 Å². The number of sulfonamides is 1. The fourth-order valence-electron chi connectivity index (χ4n) is 2.93. The standard InChI is InChI=1S/C21H27N3O4S/c1-3-24(4-2)29(27,28)19-12-7-16(8-13-19)9-14-21(26)23-18-10-5-17(6-11-18)15-20(22)25/h5-8,10-13H,3-4,9,14-15H2,1-2H3,(H2,22,25)(H,23,26). The first-order valence-electron chi connectivity index (χ1n) is 9.52. The van der Waals surface area contributed by atoms with E-state index in [1.807, 2.05) is 0 Å². The van der Waals surface area contributed by atoms with E-state index < -0.39 is 15.9 Å². The summed E-state index contributed by atoms with van der Waals surface area (Å²) in [6.45, 7) is 4.45. The Balaban J connectivity index is 1.91. The summed E-state index contributed by atoms with van der Waals surface area (Å²) in [6.07, 6.45) is 0.927. The number of nitrogens with two attached hydrogens (primary N) is 1. The van der Waals surface area contributed by atoms with Gasteiger partial charge in [-0.2, -0.15) is 4.31 Å². The first-order valence-corrected chi connectivity index (χ1v) is 11.0. The zero-order valence-electron chi connectivity index (χ0n) is 16.7. The van der Waals surface area contributed by atoms with Crippen molar-refractivity contribution in [3.63, 3.8) is 0 Å². The highest BCUT2D eigenvalue weighted by atomic mass is 32.2. The number of rotatable bonds is 10. The zero-order valence-corrected chi connectivity index (χ0v) is 17.5. The molecule has 2 rings (SSSR count). The lowest BCUT2D eigenvalue weighted by Crippen LogP contribution is -2.30. The van der Waals surface area contributed by atoms with Gasteiger partial charge >= 0.3 is 0 Å². The molecule has 2 aromatic rings. The highest BCUT2D eigenvalue weighted by Crippen LogP contribution is 2.17. The molecule has 0 fully saturated rings. The molecule has 156 valence electrons. The Morgan fingerprint density at radius 1 is 0.931 bits per heavy atom. The van der Waals surface area contributed by atoms with Crippen molar-refractivity contribution >= 4 is 27.5 Å². The molecule has 0 bridgehead atoms. The van der Waals surface area contributed by atoms with E-state index in [2.05, 4.69) is 5.32 Å². The molecular formula is C21H27N3O4S. The fraction of sp³-hybridized carbons (Fsp3) is 0.333. The Kier molecular flexibility index (Phi) is 7.92. The number of amides is 2. The van der Waals surface area contributed by atoms with E-state index in [1.165, 1.54) is 4.31 Å². The number of anilines is 1. The monoisotopic (exact) mass is 417 g/mol. The maximum Gasteiger partial charge on any atom is 0.243 e. The van der Waals surface area contributed by atoms with Crippen LogP contribution in [0.4, 0.5) is 5.69 Å². The van der Waals surface area contributed by atoms with Gasteiger partial charge in [0.05, 0.1) is 11.3 Å². The van der Waals surface area contributed by atoms with E-state index in [-0.39, 0.29) is 23.6 Å². The van der Waals surface area contributed by atoms with Gasteiger partial charge in [0.15, 0.2) is 0 Å². The molecule has 8 heteroatoms. The Morgan fingerprint density at radius 3 is 2.00 bits per heavy atom. The van der Waals surface area contributed by atoms with Gasteiger partial charge in [0.25, 0.3) is 0 Å². The lowest BCUT2D eigenvalue weighted by molar-refractivity contribution is -0.117. The van der Waals surface area contributed by atoms with Crippen LogP contribution in [0.2, 0.25) is 0 Å². The third-order valence-corrected chi connectivity index (χ3v) is 6.59. The van der Waals surface area contributed by atoms with Crippen molar-refractivity contribution in [2.45, 2.75) is 38.0 Å². The van der Waals surface area contributed by atoms with Gasteiger partial charge in [-0.15, -0.1) is 0 Å². The lowest BCUT2D eigenvalue weighted by Gasteiger charge is -2.18. The smallest absolute Gasteiger partial charge is 0.243 e. The van der Waals surface area contributed by atoms with Crippen LogP contribution in [-0.4, -0.2) is 37.6 Å². The minimum atomic E-state index is -3.48. The maximum absolute atomic E-state index is 12.5. The molecule has 3 N–H and O–H groups in total. The van der Waals surface area contributed by atoms with Crippen molar-refractivity contribution in [3.05, 3.63) is 59.7 Å². The summed E-state index contributed by atoms with van der Waals surface area (Å²) in [6, 6.07) is 13.6. The van der Waals surface area contributed by atoms with Crippen LogP contribution in [0, 0.1) is 0 Å². The van der Waals surface area contributed by atoms with Crippen LogP contribution >= 0.6 is 0 Å². The topological polar surface area (TPSA) is 110 Å². The van der Waals surface area contributed by atoms with Gasteiger partial charge in [-0.3, -0.25) is 9.59 Å². The van der Waals surface area contributed by atoms with E-state index >= 15 is 0 Å². The second kappa shape index (κ2) is 10.2. The molecule has 0 heterocycles. The van der Waals surface area contributed by atoms with Crippen molar-refractivity contribution in [2.75, 3.05) is 18.4 Å². The van der Waals surface area contributed by atoms with Gasteiger partial charge < -0.3 is 11.1 Å². The average molecular weight is 418 g/mol. The van der Waals surface area contributed by atoms with Gasteiger partial charge in [-0.1, -0.05) is 38.1 Å². The van der Waals surface area contributed by atoms with Crippen molar-refractivity contribution < 1.29 is 18.0 Å². The van der Waals surface area contributed by atoms with Gasteiger partial charge in [-0.25, -0.2) is 8.42 Å². The van der Waals surface area contributed by atoms with Crippen LogP contribution in [-0.2, 0) is 32.5 Å². The summed E-state index contributed by atoms with van der Waals surface area (Å²) in [5.41, 5.74) is 7.47. The van der Waals surface area contributed by atoms with Gasteiger partial charge in [0.1, 0.15) is 0 Å². The number of nitrogens with zero attached hydrogens (tertiary/aromatic N) is 1. The van der Waals surface area contributed by atoms with Crippen LogP contribution in [0.3, 0.4) is 0 Å². The molecule has 7 nitrogen and oxygen atoms in total. The average Bonchev–Trinajstić information content (AvgIpc) is 2.68. The highest BCUT2D eigenvalue weighted by Gasteiger charge is 2.21.